The van der Waals surface area contributed by atoms with Gasteiger partial charge in [-0.15, -0.1) is 0 Å². The Morgan fingerprint density at radius 2 is 0.941 bits per heavy atom. The lowest BCUT2D eigenvalue weighted by atomic mass is 10.3. The molecule has 2 aromatic rings. The molecular weight excluding hydrogens is 216 g/mol. The van der Waals surface area contributed by atoms with Crippen LogP contribution in [0.15, 0.2) is 48.5 Å². The lowest BCUT2D eigenvalue weighted by Gasteiger charge is -2.12. The van der Waals surface area contributed by atoms with Crippen molar-refractivity contribution in [3.8, 4) is 23.0 Å². The quantitative estimate of drug-likeness (QED) is 0.804. The first kappa shape index (κ1) is 11.3. The van der Waals surface area contributed by atoms with E-state index in [1.807, 2.05) is 48.5 Å². The van der Waals surface area contributed by atoms with Gasteiger partial charge in [-0.1, -0.05) is 24.3 Å². The molecule has 0 aliphatic carbocycles. The predicted octanol–water partition coefficient (Wildman–Crippen LogP) is 3.50. The molecular formula is C14H14O3. The lowest BCUT2D eigenvalue weighted by molar-refractivity contribution is 0.356. The van der Waals surface area contributed by atoms with Crippen LogP contribution in [0.3, 0.4) is 0 Å². The van der Waals surface area contributed by atoms with Gasteiger partial charge in [0.2, 0.25) is 0 Å². The highest BCUT2D eigenvalue weighted by molar-refractivity contribution is 5.47. The van der Waals surface area contributed by atoms with Crippen LogP contribution in [0.1, 0.15) is 0 Å². The van der Waals surface area contributed by atoms with E-state index in [1.54, 1.807) is 14.2 Å². The smallest absolute Gasteiger partial charge is 0.169 e. The fourth-order valence-electron chi connectivity index (χ4n) is 1.52. The summed E-state index contributed by atoms with van der Waals surface area (Å²) in [4.78, 5) is 0. The van der Waals surface area contributed by atoms with E-state index in [1.165, 1.54) is 0 Å². The van der Waals surface area contributed by atoms with Crippen molar-refractivity contribution in [1.82, 2.24) is 0 Å². The highest BCUT2D eigenvalue weighted by Gasteiger charge is 2.07. The van der Waals surface area contributed by atoms with Crippen LogP contribution in [-0.2, 0) is 0 Å². The van der Waals surface area contributed by atoms with Crippen LogP contribution < -0.4 is 14.2 Å². The van der Waals surface area contributed by atoms with Crippen LogP contribution in [0.2, 0.25) is 0 Å². The summed E-state index contributed by atoms with van der Waals surface area (Å²) in [7, 11) is 3.23. The highest BCUT2D eigenvalue weighted by atomic mass is 16.5. The zero-order chi connectivity index (χ0) is 12.1. The fraction of sp³-hybridized carbons (Fsp3) is 0.143. The summed E-state index contributed by atoms with van der Waals surface area (Å²) in [6.07, 6.45) is 0. The number of hydrogen-bond donors (Lipinski definition) is 0. The van der Waals surface area contributed by atoms with E-state index in [0.717, 1.165) is 0 Å². The zero-order valence-corrected chi connectivity index (χ0v) is 9.84. The van der Waals surface area contributed by atoms with Crippen LogP contribution in [0, 0.1) is 0 Å². The normalized spacial score (nSPS) is 9.76. The Bertz CT molecular complexity index is 449. The SMILES string of the molecule is COc1ccccc1Oc1ccccc1OC. The van der Waals surface area contributed by atoms with Crippen molar-refractivity contribution in [2.45, 2.75) is 0 Å². The van der Waals surface area contributed by atoms with Crippen LogP contribution in [-0.4, -0.2) is 14.2 Å². The number of methoxy groups -OCH3 is 2. The third kappa shape index (κ3) is 2.50. The largest absolute Gasteiger partial charge is 0.493 e. The van der Waals surface area contributed by atoms with Crippen molar-refractivity contribution in [2.75, 3.05) is 14.2 Å². The van der Waals surface area contributed by atoms with E-state index in [2.05, 4.69) is 0 Å². The second kappa shape index (κ2) is 5.25. The molecule has 0 fully saturated rings. The van der Waals surface area contributed by atoms with Gasteiger partial charge in [0.05, 0.1) is 14.2 Å². The van der Waals surface area contributed by atoms with Crippen LogP contribution in [0.5, 0.6) is 23.0 Å². The molecule has 0 atom stereocenters. The van der Waals surface area contributed by atoms with E-state index in [4.69, 9.17) is 14.2 Å². The van der Waals surface area contributed by atoms with Gasteiger partial charge in [-0.3, -0.25) is 0 Å². The molecule has 88 valence electrons. The molecule has 0 N–H and O–H groups in total. The topological polar surface area (TPSA) is 27.7 Å². The summed E-state index contributed by atoms with van der Waals surface area (Å²) in [5, 5.41) is 0. The molecule has 0 aliphatic rings. The lowest BCUT2D eigenvalue weighted by Crippen LogP contribution is -1.92. The molecule has 0 bridgehead atoms. The molecule has 0 radical (unpaired) electrons. The Morgan fingerprint density at radius 3 is 1.29 bits per heavy atom. The Hall–Kier alpha value is -2.16. The molecule has 0 saturated carbocycles. The monoisotopic (exact) mass is 230 g/mol. The minimum absolute atomic E-state index is 0.666. The third-order valence-electron chi connectivity index (χ3n) is 2.36. The molecule has 3 heteroatoms. The summed E-state index contributed by atoms with van der Waals surface area (Å²) in [5.41, 5.74) is 0. The molecule has 0 amide bonds. The van der Waals surface area contributed by atoms with Gasteiger partial charge in [0.1, 0.15) is 0 Å². The average molecular weight is 230 g/mol. The average Bonchev–Trinajstić information content (AvgIpc) is 2.40. The van der Waals surface area contributed by atoms with Gasteiger partial charge in [-0.2, -0.15) is 0 Å². The number of para-hydroxylation sites is 4. The maximum absolute atomic E-state index is 5.77. The van der Waals surface area contributed by atoms with E-state index in [-0.39, 0.29) is 0 Å². The van der Waals surface area contributed by atoms with Crippen molar-refractivity contribution in [1.29, 1.82) is 0 Å². The number of hydrogen-bond acceptors (Lipinski definition) is 3. The van der Waals surface area contributed by atoms with Crippen molar-refractivity contribution in [2.24, 2.45) is 0 Å². The number of rotatable bonds is 4. The second-order valence-corrected chi connectivity index (χ2v) is 3.40. The molecule has 2 aromatic carbocycles. The van der Waals surface area contributed by atoms with Crippen molar-refractivity contribution < 1.29 is 14.2 Å². The molecule has 0 aromatic heterocycles. The molecule has 3 nitrogen and oxygen atoms in total. The standard InChI is InChI=1S/C14H14O3/c1-15-11-7-3-5-9-13(11)17-14-10-6-4-8-12(14)16-2/h3-10H,1-2H3. The van der Waals surface area contributed by atoms with Gasteiger partial charge in [0.25, 0.3) is 0 Å². The van der Waals surface area contributed by atoms with Crippen LogP contribution >= 0.6 is 0 Å². The van der Waals surface area contributed by atoms with Gasteiger partial charge < -0.3 is 14.2 Å². The predicted molar refractivity (Wildman–Crippen MR) is 66.1 cm³/mol. The van der Waals surface area contributed by atoms with Gasteiger partial charge >= 0.3 is 0 Å². The van der Waals surface area contributed by atoms with Crippen molar-refractivity contribution in [3.05, 3.63) is 48.5 Å². The molecule has 2 rings (SSSR count). The minimum atomic E-state index is 0.666. The Morgan fingerprint density at radius 1 is 0.588 bits per heavy atom. The molecule has 0 spiro atoms. The van der Waals surface area contributed by atoms with E-state index < -0.39 is 0 Å². The number of benzene rings is 2. The zero-order valence-electron chi connectivity index (χ0n) is 9.84. The summed E-state index contributed by atoms with van der Waals surface area (Å²) in [5.74, 6) is 2.72. The summed E-state index contributed by atoms with van der Waals surface area (Å²) in [6, 6.07) is 15.0. The molecule has 17 heavy (non-hydrogen) atoms. The van der Waals surface area contributed by atoms with Crippen molar-refractivity contribution >= 4 is 0 Å². The maximum Gasteiger partial charge on any atom is 0.169 e. The fourth-order valence-corrected chi connectivity index (χ4v) is 1.52. The Balaban J connectivity index is 2.31. The van der Waals surface area contributed by atoms with Gasteiger partial charge in [0.15, 0.2) is 23.0 Å². The Labute approximate surface area is 101 Å². The maximum atomic E-state index is 5.77. The molecule has 0 heterocycles. The van der Waals surface area contributed by atoms with Gasteiger partial charge in [-0.25, -0.2) is 0 Å². The van der Waals surface area contributed by atoms with E-state index >= 15 is 0 Å². The molecule has 0 unspecified atom stereocenters. The van der Waals surface area contributed by atoms with Crippen molar-refractivity contribution in [3.63, 3.8) is 0 Å². The molecule has 0 saturated heterocycles. The van der Waals surface area contributed by atoms with Crippen LogP contribution in [0.4, 0.5) is 0 Å². The van der Waals surface area contributed by atoms with Gasteiger partial charge in [-0.05, 0) is 24.3 Å². The summed E-state index contributed by atoms with van der Waals surface area (Å²) in [6.45, 7) is 0. The molecule has 0 aliphatic heterocycles. The van der Waals surface area contributed by atoms with Crippen LogP contribution in [0.25, 0.3) is 0 Å². The van der Waals surface area contributed by atoms with E-state index in [9.17, 15) is 0 Å². The number of ether oxygens (including phenoxy) is 3. The summed E-state index contributed by atoms with van der Waals surface area (Å²) >= 11 is 0. The highest BCUT2D eigenvalue weighted by Crippen LogP contribution is 2.35. The Kier molecular flexibility index (Phi) is 3.50. The third-order valence-corrected chi connectivity index (χ3v) is 2.36. The van der Waals surface area contributed by atoms with Gasteiger partial charge in [0, 0.05) is 0 Å². The minimum Gasteiger partial charge on any atom is -0.493 e. The first-order chi connectivity index (χ1) is 8.35. The summed E-state index contributed by atoms with van der Waals surface area (Å²) < 4.78 is 16.2. The first-order valence-electron chi connectivity index (χ1n) is 5.29. The second-order valence-electron chi connectivity index (χ2n) is 3.40. The van der Waals surface area contributed by atoms with E-state index in [0.29, 0.717) is 23.0 Å². The first-order valence-corrected chi connectivity index (χ1v) is 5.29.